The summed E-state index contributed by atoms with van der Waals surface area (Å²) < 4.78 is 52.9. The number of hydrogen-bond acceptors (Lipinski definition) is 5. The summed E-state index contributed by atoms with van der Waals surface area (Å²) in [7, 11) is -3.56. The van der Waals surface area contributed by atoms with E-state index in [1.54, 1.807) is 6.07 Å². The van der Waals surface area contributed by atoms with Crippen LogP contribution in [0.4, 0.5) is 8.78 Å². The lowest BCUT2D eigenvalue weighted by molar-refractivity contribution is -0.147. The molecule has 2 atom stereocenters. The van der Waals surface area contributed by atoms with Crippen molar-refractivity contribution in [1.29, 1.82) is 0 Å². The van der Waals surface area contributed by atoms with Gasteiger partial charge in [-0.05, 0) is 29.7 Å². The number of hydrogen-bond donors (Lipinski definition) is 2. The lowest BCUT2D eigenvalue weighted by Gasteiger charge is -2.21. The van der Waals surface area contributed by atoms with E-state index in [-0.39, 0.29) is 35.2 Å². The Kier molecular flexibility index (Phi) is 5.47. The lowest BCUT2D eigenvalue weighted by atomic mass is 10.0. The topological polar surface area (TPSA) is 121 Å². The second-order valence-electron chi connectivity index (χ2n) is 8.15. The summed E-state index contributed by atoms with van der Waals surface area (Å²) >= 11 is 0. The molecule has 2 N–H and O–H groups in total. The highest BCUT2D eigenvalue weighted by Crippen LogP contribution is 2.50. The van der Waals surface area contributed by atoms with E-state index in [0.717, 1.165) is 11.2 Å². The summed E-state index contributed by atoms with van der Waals surface area (Å²) in [5.41, 5.74) is 0.221. The van der Waals surface area contributed by atoms with Crippen molar-refractivity contribution in [3.63, 3.8) is 0 Å². The van der Waals surface area contributed by atoms with Gasteiger partial charge in [0.2, 0.25) is 5.91 Å². The average molecular weight is 478 g/mol. The van der Waals surface area contributed by atoms with Crippen LogP contribution in [0.25, 0.3) is 11.1 Å². The molecule has 33 heavy (non-hydrogen) atoms. The molecule has 1 aliphatic carbocycles. The molecule has 0 aromatic heterocycles. The van der Waals surface area contributed by atoms with E-state index >= 15 is 0 Å². The number of carbonyl (C=O) groups is 3. The number of fused-ring (bicyclic) bond motifs is 3. The molecule has 11 heteroatoms. The highest BCUT2D eigenvalue weighted by atomic mass is 32.2. The number of carboxylic acids is 1. The molecule has 1 aliphatic heterocycles. The van der Waals surface area contributed by atoms with Crippen molar-refractivity contribution in [1.82, 2.24) is 10.2 Å². The zero-order chi connectivity index (χ0) is 24.1. The average Bonchev–Trinajstić information content (AvgIpc) is 3.31. The van der Waals surface area contributed by atoms with E-state index in [2.05, 4.69) is 5.32 Å². The van der Waals surface area contributed by atoms with Gasteiger partial charge >= 0.3 is 5.97 Å². The highest BCUT2D eigenvalue weighted by molar-refractivity contribution is 7.91. The molecule has 0 radical (unpaired) electrons. The molecular formula is C22H20F2N2O6S. The molecule has 2 aliphatic rings. The maximum absolute atomic E-state index is 14.7. The standard InChI is InChI=1S/C22H20F2N2O6S/c1-33(31,32)13-9-18(21(29)30)26(11-13)19(27)10-25-20(28)12-6-7-17-15(8-12)14-4-2-3-5-16(14)22(17,23)24/h2-8,13,18H,9-11H2,1H3,(H,25,28)(H,29,30)/t13-,18+/m1/s1. The smallest absolute Gasteiger partial charge is 0.326 e. The molecule has 2 amide bonds. The van der Waals surface area contributed by atoms with Gasteiger partial charge < -0.3 is 15.3 Å². The van der Waals surface area contributed by atoms with Crippen LogP contribution in [0.3, 0.4) is 0 Å². The van der Waals surface area contributed by atoms with Crippen molar-refractivity contribution < 1.29 is 36.7 Å². The molecule has 4 rings (SSSR count). The summed E-state index contributed by atoms with van der Waals surface area (Å²) in [4.78, 5) is 37.6. The summed E-state index contributed by atoms with van der Waals surface area (Å²) in [6, 6.07) is 8.41. The Morgan fingerprint density at radius 3 is 2.45 bits per heavy atom. The quantitative estimate of drug-likeness (QED) is 0.674. The lowest BCUT2D eigenvalue weighted by Crippen LogP contribution is -2.45. The number of benzene rings is 2. The second-order valence-corrected chi connectivity index (χ2v) is 10.5. The Balaban J connectivity index is 1.49. The molecule has 0 unspecified atom stereocenters. The Bertz CT molecular complexity index is 1280. The Morgan fingerprint density at radius 1 is 1.12 bits per heavy atom. The molecule has 0 saturated carbocycles. The maximum Gasteiger partial charge on any atom is 0.326 e. The number of carbonyl (C=O) groups excluding carboxylic acids is 2. The summed E-state index contributed by atoms with van der Waals surface area (Å²) in [5, 5.41) is 10.7. The van der Waals surface area contributed by atoms with Crippen LogP contribution in [-0.4, -0.2) is 66.8 Å². The van der Waals surface area contributed by atoms with Gasteiger partial charge in [0.05, 0.1) is 11.8 Å². The minimum absolute atomic E-state index is 0.0549. The maximum atomic E-state index is 14.7. The predicted octanol–water partition coefficient (Wildman–Crippen LogP) is 1.64. The Labute approximate surface area is 188 Å². The molecule has 8 nitrogen and oxygen atoms in total. The molecular weight excluding hydrogens is 458 g/mol. The van der Waals surface area contributed by atoms with Crippen LogP contribution >= 0.6 is 0 Å². The fourth-order valence-electron chi connectivity index (χ4n) is 4.30. The molecule has 1 saturated heterocycles. The van der Waals surface area contributed by atoms with Gasteiger partial charge in [0.1, 0.15) is 6.04 Å². The van der Waals surface area contributed by atoms with Crippen LogP contribution in [0.1, 0.15) is 27.9 Å². The summed E-state index contributed by atoms with van der Waals surface area (Å²) in [6.07, 6.45) is 0.744. The zero-order valence-corrected chi connectivity index (χ0v) is 18.2. The number of halogens is 2. The van der Waals surface area contributed by atoms with Crippen molar-refractivity contribution >= 4 is 27.6 Å². The number of sulfone groups is 1. The van der Waals surface area contributed by atoms with Crippen LogP contribution in [0.15, 0.2) is 42.5 Å². The van der Waals surface area contributed by atoms with Gasteiger partial charge in [-0.25, -0.2) is 13.2 Å². The Morgan fingerprint density at radius 2 is 1.79 bits per heavy atom. The molecule has 174 valence electrons. The third-order valence-electron chi connectivity index (χ3n) is 6.05. The van der Waals surface area contributed by atoms with E-state index in [4.69, 9.17) is 0 Å². The highest BCUT2D eigenvalue weighted by Gasteiger charge is 2.45. The first-order valence-electron chi connectivity index (χ1n) is 10.0. The molecule has 1 heterocycles. The number of rotatable bonds is 5. The number of aliphatic carboxylic acids is 1. The zero-order valence-electron chi connectivity index (χ0n) is 17.4. The van der Waals surface area contributed by atoms with E-state index < -0.39 is 51.4 Å². The largest absolute Gasteiger partial charge is 0.480 e. The normalized spacial score (nSPS) is 20.8. The van der Waals surface area contributed by atoms with Crippen LogP contribution < -0.4 is 5.32 Å². The monoisotopic (exact) mass is 478 g/mol. The van der Waals surface area contributed by atoms with Gasteiger partial charge in [0, 0.05) is 29.5 Å². The van der Waals surface area contributed by atoms with Crippen LogP contribution in [0.2, 0.25) is 0 Å². The molecule has 0 bridgehead atoms. The minimum Gasteiger partial charge on any atom is -0.480 e. The SMILES string of the molecule is CS(=O)(=O)[C@@H]1C[C@@H](C(=O)O)N(C(=O)CNC(=O)c2ccc3c(c2)-c2ccccc2C3(F)F)C1. The van der Waals surface area contributed by atoms with E-state index in [1.807, 2.05) is 0 Å². The van der Waals surface area contributed by atoms with Gasteiger partial charge in [0.15, 0.2) is 9.84 Å². The minimum atomic E-state index is -3.56. The van der Waals surface area contributed by atoms with Gasteiger partial charge in [-0.1, -0.05) is 30.3 Å². The van der Waals surface area contributed by atoms with Crippen molar-refractivity contribution in [2.24, 2.45) is 0 Å². The number of nitrogens with zero attached hydrogens (tertiary/aromatic N) is 1. The first-order chi connectivity index (χ1) is 15.4. The van der Waals surface area contributed by atoms with E-state index in [0.29, 0.717) is 5.56 Å². The molecule has 2 aromatic carbocycles. The van der Waals surface area contributed by atoms with Gasteiger partial charge in [-0.3, -0.25) is 9.59 Å². The summed E-state index contributed by atoms with van der Waals surface area (Å²) in [6.45, 7) is -0.849. The van der Waals surface area contributed by atoms with Crippen LogP contribution in [0, 0.1) is 0 Å². The van der Waals surface area contributed by atoms with E-state index in [9.17, 15) is 36.7 Å². The number of nitrogens with one attached hydrogen (secondary N) is 1. The summed E-state index contributed by atoms with van der Waals surface area (Å²) in [5.74, 6) is -5.97. The van der Waals surface area contributed by atoms with Crippen molar-refractivity contribution in [3.05, 3.63) is 59.2 Å². The fourth-order valence-corrected chi connectivity index (χ4v) is 5.26. The molecule has 0 spiro atoms. The number of carboxylic acid groups (broad SMARTS) is 1. The molecule has 2 aromatic rings. The van der Waals surface area contributed by atoms with Gasteiger partial charge in [-0.2, -0.15) is 8.78 Å². The number of amides is 2. The van der Waals surface area contributed by atoms with E-state index in [1.165, 1.54) is 36.4 Å². The first-order valence-corrected chi connectivity index (χ1v) is 12.0. The van der Waals surface area contributed by atoms with Gasteiger partial charge in [-0.15, -0.1) is 0 Å². The van der Waals surface area contributed by atoms with Gasteiger partial charge in [0.25, 0.3) is 11.8 Å². The number of alkyl halides is 2. The molecule has 1 fully saturated rings. The first kappa shape index (κ1) is 22.8. The third kappa shape index (κ3) is 3.97. The van der Waals surface area contributed by atoms with Crippen molar-refractivity contribution in [2.45, 2.75) is 23.6 Å². The fraction of sp³-hybridized carbons (Fsp3) is 0.318. The van der Waals surface area contributed by atoms with Crippen molar-refractivity contribution in [3.8, 4) is 11.1 Å². The Hall–Kier alpha value is -3.34. The number of likely N-dealkylation sites (tertiary alicyclic amines) is 1. The third-order valence-corrected chi connectivity index (χ3v) is 7.60. The van der Waals surface area contributed by atoms with Crippen LogP contribution in [0.5, 0.6) is 0 Å². The van der Waals surface area contributed by atoms with Crippen LogP contribution in [-0.2, 0) is 25.3 Å². The second kappa shape index (κ2) is 7.91. The predicted molar refractivity (Wildman–Crippen MR) is 114 cm³/mol. The van der Waals surface area contributed by atoms with Crippen molar-refractivity contribution in [2.75, 3.05) is 19.3 Å².